The van der Waals surface area contributed by atoms with Crippen LogP contribution in [0.15, 0.2) is 30.5 Å². The molecule has 1 aromatic carbocycles. The fraction of sp³-hybridized carbons (Fsp3) is 0.542. The largest absolute Gasteiger partial charge is 0.496 e. The number of carbonyl (C=O) groups is 2. The molecule has 4 rings (SSSR count). The summed E-state index contributed by atoms with van der Waals surface area (Å²) >= 11 is 0. The number of H-pyrrole nitrogens is 1. The number of aromatic nitrogens is 2. The van der Waals surface area contributed by atoms with Gasteiger partial charge < -0.3 is 19.3 Å². The standard InChI is InChI=1S/C24H32N4O4/c1-16-14-28(15-17(2)32-16)24(30)20-13-25-26-23(20)18-8-10-27(11-9-18)22(29)12-19-6-4-5-7-21(19)31-3/h4-7,13,16-18H,8-12,14-15H2,1-3H3,(H,25,26). The van der Waals surface area contributed by atoms with Gasteiger partial charge in [-0.15, -0.1) is 0 Å². The first-order valence-corrected chi connectivity index (χ1v) is 11.3. The zero-order valence-corrected chi connectivity index (χ0v) is 19.0. The van der Waals surface area contributed by atoms with Crippen LogP contribution in [0.5, 0.6) is 5.75 Å². The summed E-state index contributed by atoms with van der Waals surface area (Å²) in [4.78, 5) is 29.8. The highest BCUT2D eigenvalue weighted by Gasteiger charge is 2.32. The van der Waals surface area contributed by atoms with Crippen molar-refractivity contribution in [3.8, 4) is 5.75 Å². The number of amides is 2. The fourth-order valence-corrected chi connectivity index (χ4v) is 4.83. The molecule has 2 aliphatic heterocycles. The van der Waals surface area contributed by atoms with E-state index in [1.54, 1.807) is 13.3 Å². The average molecular weight is 441 g/mol. The van der Waals surface area contributed by atoms with E-state index in [0.29, 0.717) is 38.2 Å². The van der Waals surface area contributed by atoms with Crippen LogP contribution in [0.25, 0.3) is 0 Å². The number of ether oxygens (including phenoxy) is 2. The summed E-state index contributed by atoms with van der Waals surface area (Å²) in [6.07, 6.45) is 3.62. The number of carbonyl (C=O) groups excluding carboxylic acids is 2. The number of methoxy groups -OCH3 is 1. The van der Waals surface area contributed by atoms with E-state index in [1.807, 2.05) is 47.9 Å². The van der Waals surface area contributed by atoms with Gasteiger partial charge in [0.15, 0.2) is 0 Å². The lowest BCUT2D eigenvalue weighted by Gasteiger charge is -2.36. The highest BCUT2D eigenvalue weighted by molar-refractivity contribution is 5.95. The van der Waals surface area contributed by atoms with Crippen LogP contribution >= 0.6 is 0 Å². The lowest BCUT2D eigenvalue weighted by Crippen LogP contribution is -2.48. The van der Waals surface area contributed by atoms with Crippen molar-refractivity contribution in [1.29, 1.82) is 0 Å². The molecule has 0 spiro atoms. The number of morpholine rings is 1. The molecule has 0 aliphatic carbocycles. The van der Waals surface area contributed by atoms with Gasteiger partial charge in [-0.25, -0.2) is 0 Å². The van der Waals surface area contributed by atoms with Gasteiger partial charge in [0.25, 0.3) is 5.91 Å². The van der Waals surface area contributed by atoms with Crippen LogP contribution in [-0.2, 0) is 16.0 Å². The van der Waals surface area contributed by atoms with Crippen LogP contribution in [0, 0.1) is 0 Å². The van der Waals surface area contributed by atoms with E-state index in [9.17, 15) is 9.59 Å². The van der Waals surface area contributed by atoms with Crippen molar-refractivity contribution in [3.63, 3.8) is 0 Å². The molecule has 0 saturated carbocycles. The normalized spacial score (nSPS) is 22.1. The Labute approximate surface area is 188 Å². The monoisotopic (exact) mass is 440 g/mol. The Hall–Kier alpha value is -2.87. The maximum atomic E-state index is 13.2. The van der Waals surface area contributed by atoms with E-state index in [-0.39, 0.29) is 29.9 Å². The molecule has 1 N–H and O–H groups in total. The van der Waals surface area contributed by atoms with Crippen molar-refractivity contribution < 1.29 is 19.1 Å². The number of hydrogen-bond acceptors (Lipinski definition) is 5. The van der Waals surface area contributed by atoms with Crippen LogP contribution in [0.2, 0.25) is 0 Å². The Balaban J connectivity index is 1.37. The molecule has 2 saturated heterocycles. The number of nitrogens with one attached hydrogen (secondary N) is 1. The van der Waals surface area contributed by atoms with E-state index in [2.05, 4.69) is 10.2 Å². The molecule has 2 aliphatic rings. The summed E-state index contributed by atoms with van der Waals surface area (Å²) in [6, 6.07) is 7.63. The maximum Gasteiger partial charge on any atom is 0.257 e. The summed E-state index contributed by atoms with van der Waals surface area (Å²) in [6.45, 7) is 6.48. The lowest BCUT2D eigenvalue weighted by molar-refractivity contribution is -0.131. The van der Waals surface area contributed by atoms with Crippen molar-refractivity contribution in [1.82, 2.24) is 20.0 Å². The molecule has 32 heavy (non-hydrogen) atoms. The molecule has 0 bridgehead atoms. The quantitative estimate of drug-likeness (QED) is 0.772. The molecule has 2 aromatic rings. The minimum atomic E-state index is 0.00503. The molecule has 2 amide bonds. The molecule has 2 atom stereocenters. The van der Waals surface area contributed by atoms with Gasteiger partial charge in [0.2, 0.25) is 5.91 Å². The topological polar surface area (TPSA) is 87.8 Å². The summed E-state index contributed by atoms with van der Waals surface area (Å²) in [5, 5.41) is 7.25. The minimum absolute atomic E-state index is 0.00503. The van der Waals surface area contributed by atoms with E-state index in [0.717, 1.165) is 29.8 Å². The number of para-hydroxylation sites is 1. The predicted octanol–water partition coefficient (Wildman–Crippen LogP) is 2.62. The molecular weight excluding hydrogens is 408 g/mol. The molecule has 172 valence electrons. The van der Waals surface area contributed by atoms with E-state index in [1.165, 1.54) is 0 Å². The van der Waals surface area contributed by atoms with Crippen LogP contribution < -0.4 is 4.74 Å². The summed E-state index contributed by atoms with van der Waals surface area (Å²) in [5.41, 5.74) is 2.43. The van der Waals surface area contributed by atoms with E-state index in [4.69, 9.17) is 9.47 Å². The second kappa shape index (κ2) is 9.73. The number of nitrogens with zero attached hydrogens (tertiary/aromatic N) is 3. The van der Waals surface area contributed by atoms with Gasteiger partial charge in [0, 0.05) is 37.7 Å². The van der Waals surface area contributed by atoms with Crippen molar-refractivity contribution in [2.75, 3.05) is 33.3 Å². The number of rotatable bonds is 5. The number of likely N-dealkylation sites (tertiary alicyclic amines) is 1. The Morgan fingerprint density at radius 1 is 1.12 bits per heavy atom. The van der Waals surface area contributed by atoms with Gasteiger partial charge in [-0.05, 0) is 32.8 Å². The van der Waals surface area contributed by atoms with Crippen molar-refractivity contribution in [2.45, 2.75) is 51.2 Å². The van der Waals surface area contributed by atoms with Gasteiger partial charge in [0.05, 0.1) is 43.2 Å². The molecule has 1 aromatic heterocycles. The lowest BCUT2D eigenvalue weighted by atomic mass is 9.90. The first kappa shape index (κ1) is 22.3. The van der Waals surface area contributed by atoms with Crippen LogP contribution in [-0.4, -0.2) is 77.3 Å². The predicted molar refractivity (Wildman–Crippen MR) is 120 cm³/mol. The number of hydrogen-bond donors (Lipinski definition) is 1. The second-order valence-electron chi connectivity index (χ2n) is 8.81. The molecule has 0 radical (unpaired) electrons. The third-order valence-corrected chi connectivity index (χ3v) is 6.40. The third kappa shape index (κ3) is 4.80. The number of piperidine rings is 1. The third-order valence-electron chi connectivity index (χ3n) is 6.40. The minimum Gasteiger partial charge on any atom is -0.496 e. The highest BCUT2D eigenvalue weighted by atomic mass is 16.5. The van der Waals surface area contributed by atoms with Gasteiger partial charge in [-0.3, -0.25) is 14.7 Å². The zero-order valence-electron chi connectivity index (χ0n) is 19.0. The van der Waals surface area contributed by atoms with Crippen LogP contribution in [0.3, 0.4) is 0 Å². The molecule has 2 unspecified atom stereocenters. The Morgan fingerprint density at radius 2 is 1.81 bits per heavy atom. The first-order valence-electron chi connectivity index (χ1n) is 11.3. The Bertz CT molecular complexity index is 941. The molecule has 2 fully saturated rings. The summed E-state index contributed by atoms with van der Waals surface area (Å²) in [7, 11) is 1.62. The van der Waals surface area contributed by atoms with E-state index >= 15 is 0 Å². The first-order chi connectivity index (χ1) is 15.5. The van der Waals surface area contributed by atoms with Gasteiger partial charge >= 0.3 is 0 Å². The van der Waals surface area contributed by atoms with Gasteiger partial charge in [-0.1, -0.05) is 18.2 Å². The van der Waals surface area contributed by atoms with Crippen molar-refractivity contribution in [3.05, 3.63) is 47.3 Å². The Kier molecular flexibility index (Phi) is 6.79. The number of aromatic amines is 1. The van der Waals surface area contributed by atoms with Crippen molar-refractivity contribution >= 4 is 11.8 Å². The second-order valence-corrected chi connectivity index (χ2v) is 8.81. The smallest absolute Gasteiger partial charge is 0.257 e. The highest BCUT2D eigenvalue weighted by Crippen LogP contribution is 2.30. The van der Waals surface area contributed by atoms with Gasteiger partial charge in [0.1, 0.15) is 5.75 Å². The summed E-state index contributed by atoms with van der Waals surface area (Å²) < 4.78 is 11.1. The molecule has 3 heterocycles. The fourth-order valence-electron chi connectivity index (χ4n) is 4.83. The Morgan fingerprint density at radius 3 is 2.50 bits per heavy atom. The zero-order chi connectivity index (χ0) is 22.7. The average Bonchev–Trinajstić information content (AvgIpc) is 3.28. The van der Waals surface area contributed by atoms with Crippen LogP contribution in [0.1, 0.15) is 54.2 Å². The van der Waals surface area contributed by atoms with Crippen molar-refractivity contribution in [2.24, 2.45) is 0 Å². The number of benzene rings is 1. The maximum absolute atomic E-state index is 13.2. The SMILES string of the molecule is COc1ccccc1CC(=O)N1CCC(c2[nH]ncc2C(=O)N2CC(C)OC(C)C2)CC1. The summed E-state index contributed by atoms with van der Waals surface area (Å²) in [5.74, 6) is 1.03. The molecule has 8 nitrogen and oxygen atoms in total. The van der Waals surface area contributed by atoms with Gasteiger partial charge in [-0.2, -0.15) is 5.10 Å². The van der Waals surface area contributed by atoms with Crippen LogP contribution in [0.4, 0.5) is 0 Å². The molecule has 8 heteroatoms. The van der Waals surface area contributed by atoms with E-state index < -0.39 is 0 Å². The molecular formula is C24H32N4O4.